The van der Waals surface area contributed by atoms with Crippen LogP contribution in [0.1, 0.15) is 24.2 Å². The Morgan fingerprint density at radius 1 is 1.28 bits per heavy atom. The summed E-state index contributed by atoms with van der Waals surface area (Å²) in [6.45, 7) is 1.91. The smallest absolute Gasteiger partial charge is 0.234 e. The normalized spacial score (nSPS) is 11.6. The molecule has 1 unspecified atom stereocenters. The summed E-state index contributed by atoms with van der Waals surface area (Å²) >= 11 is 6.03. The Bertz CT molecular complexity index is 578. The molecular weight excluding hydrogens is 248 g/mol. The van der Waals surface area contributed by atoms with Crippen molar-refractivity contribution in [3.05, 3.63) is 58.7 Å². The van der Waals surface area contributed by atoms with E-state index < -0.39 is 0 Å². The number of nitriles is 1. The van der Waals surface area contributed by atoms with Crippen LogP contribution in [0.25, 0.3) is 0 Å². The highest BCUT2D eigenvalue weighted by Gasteiger charge is 2.13. The molecule has 1 heterocycles. The molecule has 1 aromatic heterocycles. The van der Waals surface area contributed by atoms with Crippen molar-refractivity contribution in [2.75, 3.05) is 0 Å². The van der Waals surface area contributed by atoms with Gasteiger partial charge in [0, 0.05) is 6.20 Å². The molecule has 4 heteroatoms. The molecule has 0 bridgehead atoms. The van der Waals surface area contributed by atoms with Gasteiger partial charge in [-0.3, -0.25) is 0 Å². The van der Waals surface area contributed by atoms with Crippen molar-refractivity contribution >= 4 is 11.6 Å². The zero-order valence-electron chi connectivity index (χ0n) is 9.80. The summed E-state index contributed by atoms with van der Waals surface area (Å²) in [7, 11) is 0. The van der Waals surface area contributed by atoms with Crippen molar-refractivity contribution in [3.8, 4) is 11.9 Å². The summed E-state index contributed by atoms with van der Waals surface area (Å²) in [5.74, 6) is 0.284. The van der Waals surface area contributed by atoms with Crippen LogP contribution in [-0.2, 0) is 0 Å². The fraction of sp³-hybridized carbons (Fsp3) is 0.143. The summed E-state index contributed by atoms with van der Waals surface area (Å²) in [5.41, 5.74) is 1.39. The highest BCUT2D eigenvalue weighted by atomic mass is 35.5. The predicted molar refractivity (Wildman–Crippen MR) is 69.4 cm³/mol. The van der Waals surface area contributed by atoms with E-state index in [0.717, 1.165) is 5.56 Å². The van der Waals surface area contributed by atoms with Crippen molar-refractivity contribution in [3.63, 3.8) is 0 Å². The Balaban J connectivity index is 2.23. The number of rotatable bonds is 3. The molecule has 0 saturated carbocycles. The maximum atomic E-state index is 8.88. The molecule has 3 nitrogen and oxygen atoms in total. The first-order valence-corrected chi connectivity index (χ1v) is 5.86. The largest absolute Gasteiger partial charge is 0.469 e. The standard InChI is InChI=1S/C14H11ClN2O/c1-10(11-5-3-2-4-6-11)18-14-13(15)12(9-16)7-8-17-14/h2-8,10H,1H3. The number of halogens is 1. The quantitative estimate of drug-likeness (QED) is 0.842. The Morgan fingerprint density at radius 3 is 2.67 bits per heavy atom. The first-order chi connectivity index (χ1) is 8.72. The lowest BCUT2D eigenvalue weighted by molar-refractivity contribution is 0.217. The van der Waals surface area contributed by atoms with Gasteiger partial charge in [0.2, 0.25) is 5.88 Å². The van der Waals surface area contributed by atoms with E-state index in [1.807, 2.05) is 43.3 Å². The van der Waals surface area contributed by atoms with Gasteiger partial charge in [-0.1, -0.05) is 41.9 Å². The number of hydrogen-bond donors (Lipinski definition) is 0. The molecule has 90 valence electrons. The SMILES string of the molecule is CC(Oc1nccc(C#N)c1Cl)c1ccccc1. The summed E-state index contributed by atoms with van der Waals surface area (Å²) in [6, 6.07) is 13.3. The van der Waals surface area contributed by atoms with E-state index in [1.165, 1.54) is 6.20 Å². The van der Waals surface area contributed by atoms with Crippen molar-refractivity contribution in [1.82, 2.24) is 4.98 Å². The third-order valence-electron chi connectivity index (χ3n) is 2.54. The number of hydrogen-bond acceptors (Lipinski definition) is 3. The van der Waals surface area contributed by atoms with E-state index >= 15 is 0 Å². The lowest BCUT2D eigenvalue weighted by Crippen LogP contribution is -2.04. The van der Waals surface area contributed by atoms with Crippen molar-refractivity contribution in [2.45, 2.75) is 13.0 Å². The van der Waals surface area contributed by atoms with Crippen LogP contribution in [0.3, 0.4) is 0 Å². The molecule has 2 rings (SSSR count). The van der Waals surface area contributed by atoms with E-state index in [1.54, 1.807) is 6.07 Å². The number of nitrogens with zero attached hydrogens (tertiary/aromatic N) is 2. The Hall–Kier alpha value is -2.05. The summed E-state index contributed by atoms with van der Waals surface area (Å²) in [5, 5.41) is 9.13. The topological polar surface area (TPSA) is 45.9 Å². The molecule has 0 radical (unpaired) electrons. The minimum atomic E-state index is -0.176. The summed E-state index contributed by atoms with van der Waals surface area (Å²) in [4.78, 5) is 4.05. The highest BCUT2D eigenvalue weighted by molar-refractivity contribution is 6.32. The second-order valence-electron chi connectivity index (χ2n) is 3.76. The Morgan fingerprint density at radius 2 is 2.00 bits per heavy atom. The lowest BCUT2D eigenvalue weighted by atomic mass is 10.1. The summed E-state index contributed by atoms with van der Waals surface area (Å²) < 4.78 is 5.68. The van der Waals surface area contributed by atoms with Crippen LogP contribution < -0.4 is 4.74 Å². The molecule has 0 amide bonds. The van der Waals surface area contributed by atoms with Gasteiger partial charge in [-0.05, 0) is 18.6 Å². The average Bonchev–Trinajstić information content (AvgIpc) is 2.42. The van der Waals surface area contributed by atoms with Gasteiger partial charge in [0.1, 0.15) is 17.2 Å². The van der Waals surface area contributed by atoms with Gasteiger partial charge >= 0.3 is 0 Å². The van der Waals surface area contributed by atoms with Gasteiger partial charge in [0.15, 0.2) is 0 Å². The number of ether oxygens (including phenoxy) is 1. The van der Waals surface area contributed by atoms with Crippen molar-refractivity contribution in [1.29, 1.82) is 5.26 Å². The van der Waals surface area contributed by atoms with Gasteiger partial charge in [-0.15, -0.1) is 0 Å². The first-order valence-electron chi connectivity index (χ1n) is 5.48. The van der Waals surface area contributed by atoms with Crippen molar-refractivity contribution < 1.29 is 4.74 Å². The number of pyridine rings is 1. The van der Waals surface area contributed by atoms with E-state index in [9.17, 15) is 0 Å². The molecule has 1 aromatic carbocycles. The molecule has 1 atom stereocenters. The van der Waals surface area contributed by atoms with E-state index in [0.29, 0.717) is 5.56 Å². The highest BCUT2D eigenvalue weighted by Crippen LogP contribution is 2.28. The molecule has 0 N–H and O–H groups in total. The zero-order chi connectivity index (χ0) is 13.0. The minimum absolute atomic E-state index is 0.176. The van der Waals surface area contributed by atoms with Crippen LogP contribution >= 0.6 is 11.6 Å². The monoisotopic (exact) mass is 258 g/mol. The zero-order valence-corrected chi connectivity index (χ0v) is 10.6. The second kappa shape index (κ2) is 5.52. The molecule has 2 aromatic rings. The van der Waals surface area contributed by atoms with E-state index in [-0.39, 0.29) is 17.0 Å². The third kappa shape index (κ3) is 2.61. The molecule has 0 aliphatic carbocycles. The van der Waals surface area contributed by atoms with Crippen LogP contribution in [0.2, 0.25) is 5.02 Å². The predicted octanol–water partition coefficient (Wildman–Crippen LogP) is 3.75. The van der Waals surface area contributed by atoms with Gasteiger partial charge in [0.25, 0.3) is 0 Å². The molecule has 0 spiro atoms. The summed E-state index contributed by atoms with van der Waals surface area (Å²) in [6.07, 6.45) is 1.34. The van der Waals surface area contributed by atoms with Gasteiger partial charge in [-0.2, -0.15) is 5.26 Å². The van der Waals surface area contributed by atoms with Crippen LogP contribution in [0.15, 0.2) is 42.6 Å². The van der Waals surface area contributed by atoms with Crippen LogP contribution in [0.5, 0.6) is 5.88 Å². The first kappa shape index (κ1) is 12.4. The Labute approximate surface area is 111 Å². The fourth-order valence-electron chi connectivity index (χ4n) is 1.55. The van der Waals surface area contributed by atoms with Gasteiger partial charge < -0.3 is 4.74 Å². The maximum absolute atomic E-state index is 8.88. The molecule has 0 saturated heterocycles. The van der Waals surface area contributed by atoms with E-state index in [2.05, 4.69) is 4.98 Å². The molecule has 0 fully saturated rings. The van der Waals surface area contributed by atoms with Crippen LogP contribution in [-0.4, -0.2) is 4.98 Å². The fourth-order valence-corrected chi connectivity index (χ4v) is 1.75. The number of benzene rings is 1. The van der Waals surface area contributed by atoms with Gasteiger partial charge in [-0.25, -0.2) is 4.98 Å². The molecule has 0 aliphatic heterocycles. The lowest BCUT2D eigenvalue weighted by Gasteiger charge is -2.15. The minimum Gasteiger partial charge on any atom is -0.469 e. The maximum Gasteiger partial charge on any atom is 0.234 e. The average molecular weight is 259 g/mol. The molecule has 18 heavy (non-hydrogen) atoms. The van der Waals surface area contributed by atoms with Crippen LogP contribution in [0, 0.1) is 11.3 Å². The molecule has 0 aliphatic rings. The molecular formula is C14H11ClN2O. The third-order valence-corrected chi connectivity index (χ3v) is 2.90. The van der Waals surface area contributed by atoms with Crippen molar-refractivity contribution in [2.24, 2.45) is 0 Å². The van der Waals surface area contributed by atoms with E-state index in [4.69, 9.17) is 21.6 Å². The second-order valence-corrected chi connectivity index (χ2v) is 4.14. The Kier molecular flexibility index (Phi) is 3.81. The number of aromatic nitrogens is 1. The van der Waals surface area contributed by atoms with Gasteiger partial charge in [0.05, 0.1) is 5.56 Å². The van der Waals surface area contributed by atoms with Crippen LogP contribution in [0.4, 0.5) is 0 Å².